The zero-order valence-electron chi connectivity index (χ0n) is 18.8. The molecule has 3 rings (SSSR count). The van der Waals surface area contributed by atoms with Crippen LogP contribution in [0.2, 0.25) is 5.04 Å². The molecule has 170 valence electrons. The Balaban J connectivity index is 2.15. The SMILES string of the molecule is CC(C)[C@]1(CO[Si](c2ccccc2)(c2ccccc2)C(C)(C)C)NS(=O)(=O)OC[C@@H]1O. The molecule has 2 aromatic rings. The highest BCUT2D eigenvalue weighted by Gasteiger charge is 2.55. The van der Waals surface area contributed by atoms with Crippen molar-refractivity contribution in [3.05, 3.63) is 60.7 Å². The van der Waals surface area contributed by atoms with Gasteiger partial charge in [0.25, 0.3) is 8.32 Å². The van der Waals surface area contributed by atoms with Crippen molar-refractivity contribution in [1.82, 2.24) is 4.72 Å². The quantitative estimate of drug-likeness (QED) is 0.642. The number of benzene rings is 2. The Hall–Kier alpha value is -1.55. The van der Waals surface area contributed by atoms with E-state index in [1.54, 1.807) is 0 Å². The Morgan fingerprint density at radius 2 is 1.58 bits per heavy atom. The lowest BCUT2D eigenvalue weighted by Gasteiger charge is -2.49. The number of rotatable bonds is 6. The molecular weight excluding hydrogens is 430 g/mol. The Bertz CT molecular complexity index is 937. The van der Waals surface area contributed by atoms with E-state index in [-0.39, 0.29) is 24.2 Å². The van der Waals surface area contributed by atoms with E-state index >= 15 is 0 Å². The fourth-order valence-electron chi connectivity index (χ4n) is 4.42. The van der Waals surface area contributed by atoms with Crippen LogP contribution in [0.5, 0.6) is 0 Å². The van der Waals surface area contributed by atoms with Gasteiger partial charge in [0.1, 0.15) is 6.10 Å². The van der Waals surface area contributed by atoms with Crippen molar-refractivity contribution in [1.29, 1.82) is 0 Å². The summed E-state index contributed by atoms with van der Waals surface area (Å²) in [6.45, 7) is 9.97. The van der Waals surface area contributed by atoms with E-state index in [2.05, 4.69) is 49.8 Å². The standard InChI is InChI=1S/C23H33NO5SSi/c1-18(2)23(21(25)16-28-30(26,27)24-23)17-29-31(22(3,4)5,19-12-8-6-9-13-19)20-14-10-7-11-15-20/h6-15,18,21,24-25H,16-17H2,1-5H3/t21-,23-/m0/s1. The second-order valence-electron chi connectivity index (χ2n) is 9.50. The largest absolute Gasteiger partial charge is 0.405 e. The molecule has 8 heteroatoms. The van der Waals surface area contributed by atoms with Gasteiger partial charge in [-0.05, 0) is 21.3 Å². The summed E-state index contributed by atoms with van der Waals surface area (Å²) in [6.07, 6.45) is -1.03. The van der Waals surface area contributed by atoms with Crippen molar-refractivity contribution < 1.29 is 22.1 Å². The molecule has 0 aliphatic carbocycles. The molecule has 31 heavy (non-hydrogen) atoms. The number of hydrogen-bond acceptors (Lipinski definition) is 5. The summed E-state index contributed by atoms with van der Waals surface area (Å²) in [7, 11) is -6.86. The maximum Gasteiger partial charge on any atom is 0.336 e. The van der Waals surface area contributed by atoms with Crippen LogP contribution in [0.1, 0.15) is 34.6 Å². The third-order valence-corrected chi connectivity index (χ3v) is 12.3. The summed E-state index contributed by atoms with van der Waals surface area (Å²) in [5.74, 6) is -0.223. The number of aliphatic hydroxyl groups is 1. The molecule has 1 heterocycles. The van der Waals surface area contributed by atoms with Crippen molar-refractivity contribution in [2.24, 2.45) is 5.92 Å². The lowest BCUT2D eigenvalue weighted by Crippen LogP contribution is -2.72. The number of aliphatic hydroxyl groups excluding tert-OH is 1. The molecule has 1 saturated heterocycles. The first-order valence-electron chi connectivity index (χ1n) is 10.6. The Morgan fingerprint density at radius 1 is 1.10 bits per heavy atom. The lowest BCUT2D eigenvalue weighted by molar-refractivity contribution is -0.0336. The van der Waals surface area contributed by atoms with Gasteiger partial charge < -0.3 is 9.53 Å². The van der Waals surface area contributed by atoms with E-state index in [0.717, 1.165) is 10.4 Å². The first-order valence-corrected chi connectivity index (χ1v) is 13.9. The predicted octanol–water partition coefficient (Wildman–Crippen LogP) is 2.18. The van der Waals surface area contributed by atoms with Crippen LogP contribution in [0, 0.1) is 5.92 Å². The van der Waals surface area contributed by atoms with Crippen molar-refractivity contribution in [3.8, 4) is 0 Å². The summed E-state index contributed by atoms with van der Waals surface area (Å²) >= 11 is 0. The van der Waals surface area contributed by atoms with E-state index in [1.807, 2.05) is 50.2 Å². The summed E-state index contributed by atoms with van der Waals surface area (Å²) in [6, 6.07) is 20.3. The molecule has 2 atom stereocenters. The third-order valence-electron chi connectivity index (χ3n) is 6.27. The van der Waals surface area contributed by atoms with Gasteiger partial charge in [-0.25, -0.2) is 0 Å². The molecule has 0 saturated carbocycles. The van der Waals surface area contributed by atoms with Crippen LogP contribution in [0.3, 0.4) is 0 Å². The monoisotopic (exact) mass is 463 g/mol. The zero-order chi connectivity index (χ0) is 22.9. The summed E-state index contributed by atoms with van der Waals surface area (Å²) in [4.78, 5) is 0. The molecule has 0 unspecified atom stereocenters. The molecule has 0 bridgehead atoms. The van der Waals surface area contributed by atoms with Gasteiger partial charge in [0.2, 0.25) is 0 Å². The van der Waals surface area contributed by atoms with Gasteiger partial charge in [-0.2, -0.15) is 13.1 Å². The maximum atomic E-state index is 12.3. The number of hydrogen-bond donors (Lipinski definition) is 2. The van der Waals surface area contributed by atoms with Gasteiger partial charge in [0, 0.05) is 0 Å². The highest BCUT2D eigenvalue weighted by Crippen LogP contribution is 2.38. The minimum absolute atomic E-state index is 0.0295. The molecule has 6 nitrogen and oxygen atoms in total. The average Bonchev–Trinajstić information content (AvgIpc) is 2.71. The Labute approximate surface area is 187 Å². The lowest BCUT2D eigenvalue weighted by atomic mass is 9.83. The van der Waals surface area contributed by atoms with Gasteiger partial charge in [-0.3, -0.25) is 4.18 Å². The van der Waals surface area contributed by atoms with Crippen LogP contribution in [0.15, 0.2) is 60.7 Å². The first-order chi connectivity index (χ1) is 14.4. The van der Waals surface area contributed by atoms with Crippen LogP contribution < -0.4 is 15.1 Å². The topological polar surface area (TPSA) is 84.9 Å². The Morgan fingerprint density at radius 3 is 2.00 bits per heavy atom. The van der Waals surface area contributed by atoms with E-state index in [9.17, 15) is 13.5 Å². The molecule has 1 fully saturated rings. The predicted molar refractivity (Wildman–Crippen MR) is 125 cm³/mol. The Kier molecular flexibility index (Phi) is 6.81. The molecule has 2 N–H and O–H groups in total. The van der Waals surface area contributed by atoms with Crippen LogP contribution in [-0.4, -0.2) is 46.7 Å². The third kappa shape index (κ3) is 4.51. The zero-order valence-corrected chi connectivity index (χ0v) is 20.6. The van der Waals surface area contributed by atoms with Gasteiger partial charge in [-0.1, -0.05) is 95.3 Å². The van der Waals surface area contributed by atoms with Crippen molar-refractivity contribution in [3.63, 3.8) is 0 Å². The summed E-state index contributed by atoms with van der Waals surface area (Å²) in [5, 5.41) is 12.8. The van der Waals surface area contributed by atoms with E-state index in [4.69, 9.17) is 8.61 Å². The van der Waals surface area contributed by atoms with Crippen LogP contribution >= 0.6 is 0 Å². The molecule has 2 aromatic carbocycles. The fraction of sp³-hybridized carbons (Fsp3) is 0.478. The molecule has 1 aliphatic heterocycles. The van der Waals surface area contributed by atoms with Gasteiger partial charge >= 0.3 is 10.3 Å². The van der Waals surface area contributed by atoms with Crippen LogP contribution in [0.25, 0.3) is 0 Å². The van der Waals surface area contributed by atoms with Crippen LogP contribution in [0.4, 0.5) is 0 Å². The molecule has 0 spiro atoms. The van der Waals surface area contributed by atoms with Crippen molar-refractivity contribution in [2.75, 3.05) is 13.2 Å². The smallest absolute Gasteiger partial charge is 0.336 e. The second kappa shape index (κ2) is 8.76. The molecule has 1 aliphatic rings. The van der Waals surface area contributed by atoms with Gasteiger partial charge in [0.05, 0.1) is 18.8 Å². The minimum Gasteiger partial charge on any atom is -0.405 e. The molecule has 0 radical (unpaired) electrons. The van der Waals surface area contributed by atoms with Gasteiger partial charge in [0.15, 0.2) is 0 Å². The fourth-order valence-corrected chi connectivity index (χ4v) is 10.3. The maximum absolute atomic E-state index is 12.3. The second-order valence-corrected chi connectivity index (χ2v) is 15.2. The average molecular weight is 464 g/mol. The van der Waals surface area contributed by atoms with Crippen molar-refractivity contribution in [2.45, 2.75) is 51.3 Å². The van der Waals surface area contributed by atoms with Crippen LogP contribution in [-0.2, 0) is 18.9 Å². The highest BCUT2D eigenvalue weighted by atomic mass is 32.2. The first kappa shape index (κ1) is 24.1. The highest BCUT2D eigenvalue weighted by molar-refractivity contribution is 7.84. The van der Waals surface area contributed by atoms with E-state index < -0.39 is 30.3 Å². The molecular formula is C23H33NO5SSi. The normalized spacial score (nSPS) is 24.3. The minimum atomic E-state index is -3.98. The van der Waals surface area contributed by atoms with Crippen molar-refractivity contribution >= 4 is 29.0 Å². The van der Waals surface area contributed by atoms with E-state index in [0.29, 0.717) is 0 Å². The summed E-state index contributed by atoms with van der Waals surface area (Å²) in [5.41, 5.74) is -1.19. The number of nitrogens with one attached hydrogen (secondary N) is 1. The summed E-state index contributed by atoms with van der Waals surface area (Å²) < 4.78 is 38.9. The van der Waals surface area contributed by atoms with E-state index in [1.165, 1.54) is 0 Å². The van der Waals surface area contributed by atoms with Gasteiger partial charge in [-0.15, -0.1) is 0 Å². The molecule has 0 amide bonds. The molecule has 0 aromatic heterocycles.